The molecule has 0 saturated heterocycles. The topological polar surface area (TPSA) is 43.4 Å². The molecule has 1 aromatic carbocycles. The second-order valence-electron chi connectivity index (χ2n) is 5.15. The second kappa shape index (κ2) is 6.45. The molecule has 4 nitrogen and oxygen atoms in total. The lowest BCUT2D eigenvalue weighted by atomic mass is 10.1. The molecule has 21 heavy (non-hydrogen) atoms. The Hall–Kier alpha value is -1.59. The molecule has 112 valence electrons. The van der Waals surface area contributed by atoms with Crippen LogP contribution in [0.4, 0.5) is 0 Å². The molecule has 1 aliphatic heterocycles. The van der Waals surface area contributed by atoms with Crippen molar-refractivity contribution in [1.82, 2.24) is 10.3 Å². The summed E-state index contributed by atoms with van der Waals surface area (Å²) in [5.74, 6) is 1.72. The number of hydrogen-bond donors (Lipinski definition) is 1. The summed E-state index contributed by atoms with van der Waals surface area (Å²) >= 11 is 1.77. The van der Waals surface area contributed by atoms with Crippen molar-refractivity contribution < 1.29 is 9.47 Å². The monoisotopic (exact) mass is 304 g/mol. The fraction of sp³-hybridized carbons (Fsp3) is 0.438. The van der Waals surface area contributed by atoms with E-state index < -0.39 is 0 Å². The Balaban J connectivity index is 1.49. The second-order valence-corrected chi connectivity index (χ2v) is 6.44. The van der Waals surface area contributed by atoms with E-state index in [1.54, 1.807) is 11.3 Å². The summed E-state index contributed by atoms with van der Waals surface area (Å²) in [7, 11) is 0. The Morgan fingerprint density at radius 3 is 2.76 bits per heavy atom. The van der Waals surface area contributed by atoms with E-state index in [9.17, 15) is 0 Å². The number of benzene rings is 1. The van der Waals surface area contributed by atoms with Gasteiger partial charge >= 0.3 is 0 Å². The maximum atomic E-state index is 5.60. The zero-order chi connectivity index (χ0) is 14.7. The molecule has 1 aliphatic rings. The molecule has 0 unspecified atom stereocenters. The van der Waals surface area contributed by atoms with Crippen molar-refractivity contribution in [3.8, 4) is 11.5 Å². The first-order chi connectivity index (χ1) is 10.2. The van der Waals surface area contributed by atoms with Crippen LogP contribution in [0.15, 0.2) is 18.2 Å². The van der Waals surface area contributed by atoms with Crippen LogP contribution in [-0.2, 0) is 13.0 Å². The van der Waals surface area contributed by atoms with Crippen LogP contribution in [0.1, 0.15) is 21.1 Å². The molecule has 0 atom stereocenters. The van der Waals surface area contributed by atoms with Gasteiger partial charge < -0.3 is 14.8 Å². The molecular weight excluding hydrogens is 284 g/mol. The molecular formula is C16H20N2O2S. The number of nitrogens with zero attached hydrogens (tertiary/aromatic N) is 1. The number of aromatic nitrogens is 1. The first kappa shape index (κ1) is 14.4. The van der Waals surface area contributed by atoms with Gasteiger partial charge in [0.05, 0.1) is 5.69 Å². The van der Waals surface area contributed by atoms with Gasteiger partial charge in [-0.2, -0.15) is 0 Å². The summed E-state index contributed by atoms with van der Waals surface area (Å²) in [6.45, 7) is 7.22. The van der Waals surface area contributed by atoms with E-state index in [-0.39, 0.29) is 0 Å². The van der Waals surface area contributed by atoms with Crippen molar-refractivity contribution in [2.45, 2.75) is 26.8 Å². The van der Waals surface area contributed by atoms with Gasteiger partial charge in [-0.05, 0) is 44.5 Å². The van der Waals surface area contributed by atoms with E-state index in [2.05, 4.69) is 36.3 Å². The molecule has 0 saturated carbocycles. The van der Waals surface area contributed by atoms with Gasteiger partial charge in [0.15, 0.2) is 11.5 Å². The molecule has 1 aromatic heterocycles. The maximum absolute atomic E-state index is 5.60. The maximum Gasteiger partial charge on any atom is 0.161 e. The number of hydrogen-bond acceptors (Lipinski definition) is 5. The van der Waals surface area contributed by atoms with Crippen LogP contribution >= 0.6 is 11.3 Å². The SMILES string of the molecule is Cc1nc(CNCCc2ccc3c(c2)OCCO3)sc1C. The highest BCUT2D eigenvalue weighted by atomic mass is 32.1. The molecule has 3 rings (SSSR count). The van der Waals surface area contributed by atoms with Crippen molar-refractivity contribution in [1.29, 1.82) is 0 Å². The molecule has 2 heterocycles. The van der Waals surface area contributed by atoms with E-state index in [1.807, 2.05) is 6.07 Å². The molecule has 0 bridgehead atoms. The fourth-order valence-electron chi connectivity index (χ4n) is 2.29. The zero-order valence-electron chi connectivity index (χ0n) is 12.4. The van der Waals surface area contributed by atoms with E-state index in [0.717, 1.165) is 41.7 Å². The molecule has 5 heteroatoms. The van der Waals surface area contributed by atoms with E-state index in [1.165, 1.54) is 10.4 Å². The number of rotatable bonds is 5. The van der Waals surface area contributed by atoms with Crippen molar-refractivity contribution in [2.75, 3.05) is 19.8 Å². The third-order valence-electron chi connectivity index (χ3n) is 3.55. The van der Waals surface area contributed by atoms with Gasteiger partial charge in [-0.1, -0.05) is 6.07 Å². The molecule has 1 N–H and O–H groups in total. The standard InChI is InChI=1S/C16H20N2O2S/c1-11-12(2)21-16(18-11)10-17-6-5-13-3-4-14-15(9-13)20-8-7-19-14/h3-4,9,17H,5-8,10H2,1-2H3. The summed E-state index contributed by atoms with van der Waals surface area (Å²) in [4.78, 5) is 5.84. The fourth-order valence-corrected chi connectivity index (χ4v) is 3.19. The van der Waals surface area contributed by atoms with Gasteiger partial charge in [-0.3, -0.25) is 0 Å². The number of thiazole rings is 1. The summed E-state index contributed by atoms with van der Waals surface area (Å²) in [6, 6.07) is 6.18. The van der Waals surface area contributed by atoms with Crippen LogP contribution in [0.25, 0.3) is 0 Å². The van der Waals surface area contributed by atoms with Crippen molar-refractivity contribution >= 4 is 11.3 Å². The third-order valence-corrected chi connectivity index (χ3v) is 4.62. The lowest BCUT2D eigenvalue weighted by molar-refractivity contribution is 0.171. The molecule has 0 radical (unpaired) electrons. The van der Waals surface area contributed by atoms with Crippen LogP contribution in [0.2, 0.25) is 0 Å². The number of aryl methyl sites for hydroxylation is 2. The van der Waals surface area contributed by atoms with E-state index >= 15 is 0 Å². The van der Waals surface area contributed by atoms with Gasteiger partial charge in [0.2, 0.25) is 0 Å². The van der Waals surface area contributed by atoms with Crippen LogP contribution in [-0.4, -0.2) is 24.7 Å². The normalized spacial score (nSPS) is 13.4. The first-order valence-corrected chi connectivity index (χ1v) is 8.06. The summed E-state index contributed by atoms with van der Waals surface area (Å²) in [5, 5.41) is 4.61. The summed E-state index contributed by atoms with van der Waals surface area (Å²) in [5.41, 5.74) is 2.40. The largest absolute Gasteiger partial charge is 0.486 e. The Kier molecular flexibility index (Phi) is 4.41. The minimum absolute atomic E-state index is 0.636. The smallest absolute Gasteiger partial charge is 0.161 e. The third kappa shape index (κ3) is 3.54. The Morgan fingerprint density at radius 2 is 2.00 bits per heavy atom. The average Bonchev–Trinajstić information content (AvgIpc) is 2.82. The zero-order valence-corrected chi connectivity index (χ0v) is 13.3. The van der Waals surface area contributed by atoms with Crippen LogP contribution in [0.3, 0.4) is 0 Å². The predicted molar refractivity (Wildman–Crippen MR) is 84.4 cm³/mol. The molecule has 2 aromatic rings. The number of nitrogens with one attached hydrogen (secondary N) is 1. The summed E-state index contributed by atoms with van der Waals surface area (Å²) in [6.07, 6.45) is 0.972. The Bertz CT molecular complexity index is 605. The van der Waals surface area contributed by atoms with Crippen LogP contribution < -0.4 is 14.8 Å². The van der Waals surface area contributed by atoms with E-state index in [0.29, 0.717) is 13.2 Å². The molecule has 0 aliphatic carbocycles. The van der Waals surface area contributed by atoms with Crippen molar-refractivity contribution in [2.24, 2.45) is 0 Å². The highest BCUT2D eigenvalue weighted by Crippen LogP contribution is 2.30. The van der Waals surface area contributed by atoms with E-state index in [4.69, 9.17) is 9.47 Å². The number of fused-ring (bicyclic) bond motifs is 1. The highest BCUT2D eigenvalue weighted by Gasteiger charge is 2.11. The molecule has 0 spiro atoms. The first-order valence-electron chi connectivity index (χ1n) is 7.24. The quantitative estimate of drug-likeness (QED) is 0.863. The van der Waals surface area contributed by atoms with Crippen LogP contribution in [0.5, 0.6) is 11.5 Å². The molecule has 0 fully saturated rings. The van der Waals surface area contributed by atoms with Gasteiger partial charge in [-0.25, -0.2) is 4.98 Å². The minimum Gasteiger partial charge on any atom is -0.486 e. The van der Waals surface area contributed by atoms with Gasteiger partial charge in [0.25, 0.3) is 0 Å². The highest BCUT2D eigenvalue weighted by molar-refractivity contribution is 7.11. The predicted octanol–water partition coefficient (Wildman–Crippen LogP) is 2.86. The van der Waals surface area contributed by atoms with Crippen molar-refractivity contribution in [3.05, 3.63) is 39.3 Å². The molecule has 0 amide bonds. The van der Waals surface area contributed by atoms with Gasteiger partial charge in [0, 0.05) is 11.4 Å². The average molecular weight is 304 g/mol. The summed E-state index contributed by atoms with van der Waals surface area (Å²) < 4.78 is 11.1. The van der Waals surface area contributed by atoms with Gasteiger partial charge in [0.1, 0.15) is 18.2 Å². The van der Waals surface area contributed by atoms with Gasteiger partial charge in [-0.15, -0.1) is 11.3 Å². The Labute approximate surface area is 129 Å². The minimum atomic E-state index is 0.636. The number of ether oxygens (including phenoxy) is 2. The lowest BCUT2D eigenvalue weighted by Crippen LogP contribution is -2.17. The van der Waals surface area contributed by atoms with Crippen molar-refractivity contribution in [3.63, 3.8) is 0 Å². The van der Waals surface area contributed by atoms with Crippen LogP contribution in [0, 0.1) is 13.8 Å². The lowest BCUT2D eigenvalue weighted by Gasteiger charge is -2.18. The Morgan fingerprint density at radius 1 is 1.19 bits per heavy atom.